The van der Waals surface area contributed by atoms with Crippen LogP contribution in [0.1, 0.15) is 56.9 Å². The Labute approximate surface area is 144 Å². The van der Waals surface area contributed by atoms with Crippen LogP contribution >= 0.6 is 0 Å². The number of hydrogen-bond acceptors (Lipinski definition) is 5. The van der Waals surface area contributed by atoms with Crippen molar-refractivity contribution in [3.63, 3.8) is 0 Å². The van der Waals surface area contributed by atoms with Crippen LogP contribution in [-0.2, 0) is 4.74 Å². The molecule has 0 spiro atoms. The first-order chi connectivity index (χ1) is 11.4. The third-order valence-electron chi connectivity index (χ3n) is 4.65. The van der Waals surface area contributed by atoms with Crippen molar-refractivity contribution in [1.29, 1.82) is 0 Å². The Kier molecular flexibility index (Phi) is 5.15. The van der Waals surface area contributed by atoms with Crippen molar-refractivity contribution in [2.45, 2.75) is 70.2 Å². The molecule has 6 heteroatoms. The molecule has 0 aromatic carbocycles. The van der Waals surface area contributed by atoms with E-state index in [2.05, 4.69) is 36.1 Å². The summed E-state index contributed by atoms with van der Waals surface area (Å²) < 4.78 is 5.98. The van der Waals surface area contributed by atoms with Gasteiger partial charge in [-0.25, -0.2) is 4.98 Å². The summed E-state index contributed by atoms with van der Waals surface area (Å²) in [7, 11) is 0. The molecule has 0 radical (unpaired) electrons. The number of hydrogen-bond donors (Lipinski definition) is 1. The maximum atomic E-state index is 12.4. The first-order valence-corrected chi connectivity index (χ1v) is 8.90. The second-order valence-electron chi connectivity index (χ2n) is 7.84. The highest BCUT2D eigenvalue weighted by Gasteiger charge is 2.35. The van der Waals surface area contributed by atoms with Crippen LogP contribution in [0.3, 0.4) is 0 Å². The molecule has 3 rings (SSSR count). The van der Waals surface area contributed by atoms with E-state index in [1.54, 1.807) is 12.4 Å². The fourth-order valence-electron chi connectivity index (χ4n) is 3.45. The highest BCUT2D eigenvalue weighted by atomic mass is 16.5. The molecule has 2 fully saturated rings. The van der Waals surface area contributed by atoms with E-state index >= 15 is 0 Å². The van der Waals surface area contributed by atoms with E-state index in [0.717, 1.165) is 38.8 Å². The van der Waals surface area contributed by atoms with E-state index in [1.165, 1.54) is 6.20 Å². The van der Waals surface area contributed by atoms with E-state index < -0.39 is 0 Å². The minimum atomic E-state index is -0.0539. The summed E-state index contributed by atoms with van der Waals surface area (Å²) in [6, 6.07) is 1.06. The van der Waals surface area contributed by atoms with Crippen molar-refractivity contribution in [2.75, 3.05) is 13.1 Å². The first kappa shape index (κ1) is 17.3. The molecule has 132 valence electrons. The van der Waals surface area contributed by atoms with Gasteiger partial charge in [-0.3, -0.25) is 9.78 Å². The van der Waals surface area contributed by atoms with Crippen LogP contribution in [0.25, 0.3) is 0 Å². The van der Waals surface area contributed by atoms with Crippen LogP contribution in [0.4, 0.5) is 0 Å². The predicted octanol–water partition coefficient (Wildman–Crippen LogP) is 2.02. The second kappa shape index (κ2) is 7.15. The summed E-state index contributed by atoms with van der Waals surface area (Å²) in [5, 5.41) is 3.72. The minimum Gasteiger partial charge on any atom is -0.373 e. The van der Waals surface area contributed by atoms with Crippen molar-refractivity contribution in [3.05, 3.63) is 24.3 Å². The van der Waals surface area contributed by atoms with E-state index in [-0.39, 0.29) is 11.5 Å². The second-order valence-corrected chi connectivity index (χ2v) is 7.84. The molecular formula is C18H28N4O2. The normalized spacial score (nSPS) is 25.4. The van der Waals surface area contributed by atoms with Crippen LogP contribution in [0.2, 0.25) is 0 Å². The molecule has 0 unspecified atom stereocenters. The van der Waals surface area contributed by atoms with Crippen LogP contribution in [0.5, 0.6) is 0 Å². The number of piperidine rings is 1. The number of aromatic nitrogens is 2. The average Bonchev–Trinajstić information content (AvgIpc) is 2.52. The predicted molar refractivity (Wildman–Crippen MR) is 91.7 cm³/mol. The number of likely N-dealkylation sites (tertiary alicyclic amines) is 1. The van der Waals surface area contributed by atoms with Gasteiger partial charge in [0.1, 0.15) is 5.69 Å². The summed E-state index contributed by atoms with van der Waals surface area (Å²) in [6.07, 6.45) is 9.25. The van der Waals surface area contributed by atoms with Gasteiger partial charge in [0, 0.05) is 37.6 Å². The topological polar surface area (TPSA) is 67.3 Å². The number of amides is 1. The van der Waals surface area contributed by atoms with E-state index in [0.29, 0.717) is 23.9 Å². The number of ether oxygens (including phenoxy) is 1. The molecule has 1 aliphatic heterocycles. The van der Waals surface area contributed by atoms with Crippen molar-refractivity contribution < 1.29 is 9.53 Å². The van der Waals surface area contributed by atoms with Crippen molar-refractivity contribution in [3.8, 4) is 0 Å². The van der Waals surface area contributed by atoms with Gasteiger partial charge in [-0.15, -0.1) is 0 Å². The summed E-state index contributed by atoms with van der Waals surface area (Å²) in [6.45, 7) is 7.89. The lowest BCUT2D eigenvalue weighted by Crippen LogP contribution is -2.54. The van der Waals surface area contributed by atoms with Gasteiger partial charge in [-0.1, -0.05) is 0 Å². The van der Waals surface area contributed by atoms with Gasteiger partial charge in [0.15, 0.2) is 0 Å². The molecule has 1 aliphatic carbocycles. The fourth-order valence-corrected chi connectivity index (χ4v) is 3.45. The first-order valence-electron chi connectivity index (χ1n) is 8.90. The molecule has 0 atom stereocenters. The Balaban J connectivity index is 1.38. The average molecular weight is 332 g/mol. The van der Waals surface area contributed by atoms with Gasteiger partial charge in [-0.05, 0) is 46.5 Å². The zero-order valence-corrected chi connectivity index (χ0v) is 14.9. The largest absolute Gasteiger partial charge is 0.373 e. The van der Waals surface area contributed by atoms with Gasteiger partial charge in [0.2, 0.25) is 0 Å². The smallest absolute Gasteiger partial charge is 0.274 e. The molecule has 24 heavy (non-hydrogen) atoms. The van der Waals surface area contributed by atoms with Gasteiger partial charge in [0.25, 0.3) is 5.91 Å². The molecule has 1 N–H and O–H groups in total. The lowest BCUT2D eigenvalue weighted by Gasteiger charge is -2.42. The Morgan fingerprint density at radius 3 is 2.50 bits per heavy atom. The Morgan fingerprint density at radius 2 is 1.92 bits per heavy atom. The highest BCUT2D eigenvalue weighted by molar-refractivity contribution is 5.92. The van der Waals surface area contributed by atoms with E-state index in [4.69, 9.17) is 4.74 Å². The SMILES string of the molecule is CC(C)(C)OC1CC(NC2CCN(C(=O)c3cnccn3)CC2)C1. The van der Waals surface area contributed by atoms with Gasteiger partial charge in [-0.2, -0.15) is 0 Å². The van der Waals surface area contributed by atoms with Gasteiger partial charge >= 0.3 is 0 Å². The summed E-state index contributed by atoms with van der Waals surface area (Å²) in [5.74, 6) is -0.0103. The number of carbonyl (C=O) groups excluding carboxylic acids is 1. The summed E-state index contributed by atoms with van der Waals surface area (Å²) in [4.78, 5) is 22.3. The molecule has 2 aliphatic rings. The van der Waals surface area contributed by atoms with Crippen LogP contribution in [0, 0.1) is 0 Å². The van der Waals surface area contributed by atoms with Crippen molar-refractivity contribution >= 4 is 5.91 Å². The van der Waals surface area contributed by atoms with Crippen molar-refractivity contribution in [1.82, 2.24) is 20.2 Å². The number of rotatable bonds is 4. The number of carbonyl (C=O) groups is 1. The van der Waals surface area contributed by atoms with E-state index in [1.807, 2.05) is 4.90 Å². The van der Waals surface area contributed by atoms with Crippen LogP contribution in [-0.4, -0.2) is 57.7 Å². The van der Waals surface area contributed by atoms with E-state index in [9.17, 15) is 4.79 Å². The van der Waals surface area contributed by atoms with Gasteiger partial charge in [0.05, 0.1) is 17.9 Å². The molecule has 1 amide bonds. The number of nitrogens with one attached hydrogen (secondary N) is 1. The molecule has 6 nitrogen and oxygen atoms in total. The molecule has 2 heterocycles. The molecule has 1 aromatic heterocycles. The molecule has 1 saturated heterocycles. The molecular weight excluding hydrogens is 304 g/mol. The van der Waals surface area contributed by atoms with Crippen LogP contribution < -0.4 is 5.32 Å². The molecule has 0 bridgehead atoms. The van der Waals surface area contributed by atoms with Crippen molar-refractivity contribution in [2.24, 2.45) is 0 Å². The fraction of sp³-hybridized carbons (Fsp3) is 0.722. The minimum absolute atomic E-state index is 0.0103. The summed E-state index contributed by atoms with van der Waals surface area (Å²) in [5.41, 5.74) is 0.381. The third-order valence-corrected chi connectivity index (χ3v) is 4.65. The molecule has 1 aromatic rings. The monoisotopic (exact) mass is 332 g/mol. The maximum Gasteiger partial charge on any atom is 0.274 e. The lowest BCUT2D eigenvalue weighted by molar-refractivity contribution is -0.104. The molecule has 1 saturated carbocycles. The maximum absolute atomic E-state index is 12.4. The van der Waals surface area contributed by atoms with Gasteiger partial charge < -0.3 is 15.0 Å². The Hall–Kier alpha value is -1.53. The zero-order chi connectivity index (χ0) is 17.2. The zero-order valence-electron chi connectivity index (χ0n) is 14.9. The third kappa shape index (κ3) is 4.51. The Bertz CT molecular complexity index is 544. The summed E-state index contributed by atoms with van der Waals surface area (Å²) >= 11 is 0. The lowest BCUT2D eigenvalue weighted by atomic mass is 9.87. The Morgan fingerprint density at radius 1 is 1.21 bits per heavy atom. The standard InChI is InChI=1S/C18H28N4O2/c1-18(2,3)24-15-10-14(11-15)21-13-4-8-22(9-5-13)17(23)16-12-19-6-7-20-16/h6-7,12-15,21H,4-5,8-11H2,1-3H3. The highest BCUT2D eigenvalue weighted by Crippen LogP contribution is 2.28. The van der Waals surface area contributed by atoms with Crippen LogP contribution in [0.15, 0.2) is 18.6 Å². The number of nitrogens with zero attached hydrogens (tertiary/aromatic N) is 3. The quantitative estimate of drug-likeness (QED) is 0.914.